The van der Waals surface area contributed by atoms with Crippen LogP contribution in [0, 0.1) is 11.8 Å². The third-order valence-corrected chi connectivity index (χ3v) is 4.99. The quantitative estimate of drug-likeness (QED) is 0.763. The Bertz CT molecular complexity index is 757. The second kappa shape index (κ2) is 8.67. The second-order valence-corrected chi connectivity index (χ2v) is 8.42. The molecular weight excluding hydrogens is 356 g/mol. The van der Waals surface area contributed by atoms with Gasteiger partial charge in [0.1, 0.15) is 6.04 Å². The largest absolute Gasteiger partial charge is 0.454 e. The van der Waals surface area contributed by atoms with Gasteiger partial charge in [0.25, 0.3) is 0 Å². The summed E-state index contributed by atoms with van der Waals surface area (Å²) in [5.41, 5.74) is 0.859. The van der Waals surface area contributed by atoms with Crippen LogP contribution < -0.4 is 14.8 Å². The van der Waals surface area contributed by atoms with Crippen molar-refractivity contribution in [2.24, 2.45) is 11.8 Å². The Kier molecular flexibility index (Phi) is 6.27. The molecule has 1 saturated heterocycles. The molecule has 6 heteroatoms. The average molecular weight is 386 g/mol. The molecule has 3 rings (SSSR count). The first kappa shape index (κ1) is 20.2. The van der Waals surface area contributed by atoms with E-state index in [9.17, 15) is 9.59 Å². The molecule has 1 N–H and O–H groups in total. The van der Waals surface area contributed by atoms with Crippen LogP contribution in [0.5, 0.6) is 11.5 Å². The number of amides is 2. The molecule has 0 saturated carbocycles. The van der Waals surface area contributed by atoms with Crippen LogP contribution in [0.25, 0.3) is 6.08 Å². The van der Waals surface area contributed by atoms with Crippen LogP contribution >= 0.6 is 0 Å². The van der Waals surface area contributed by atoms with Gasteiger partial charge in [-0.15, -0.1) is 0 Å². The summed E-state index contributed by atoms with van der Waals surface area (Å²) in [6.45, 7) is 9.15. The fourth-order valence-electron chi connectivity index (χ4n) is 3.76. The van der Waals surface area contributed by atoms with Crippen molar-refractivity contribution in [3.05, 3.63) is 29.8 Å². The minimum Gasteiger partial charge on any atom is -0.454 e. The molecule has 1 aromatic rings. The Morgan fingerprint density at radius 1 is 1.18 bits per heavy atom. The molecule has 2 amide bonds. The van der Waals surface area contributed by atoms with Crippen molar-refractivity contribution in [2.45, 2.75) is 52.6 Å². The number of hydrogen-bond acceptors (Lipinski definition) is 4. The highest BCUT2D eigenvalue weighted by Gasteiger charge is 2.36. The third-order valence-electron chi connectivity index (χ3n) is 4.99. The third kappa shape index (κ3) is 4.86. The van der Waals surface area contributed by atoms with Crippen LogP contribution in [0.1, 0.15) is 46.1 Å². The summed E-state index contributed by atoms with van der Waals surface area (Å²) in [7, 11) is 0. The van der Waals surface area contributed by atoms with E-state index in [1.807, 2.05) is 18.2 Å². The van der Waals surface area contributed by atoms with E-state index in [-0.39, 0.29) is 24.6 Å². The Labute approximate surface area is 166 Å². The second-order valence-electron chi connectivity index (χ2n) is 8.42. The molecule has 2 atom stereocenters. The van der Waals surface area contributed by atoms with Gasteiger partial charge in [-0.1, -0.05) is 33.8 Å². The number of carbonyl (C=O) groups excluding carboxylic acids is 2. The van der Waals surface area contributed by atoms with Crippen LogP contribution in [-0.2, 0) is 9.59 Å². The molecule has 0 aromatic heterocycles. The van der Waals surface area contributed by atoms with Crippen LogP contribution in [0.15, 0.2) is 24.3 Å². The van der Waals surface area contributed by atoms with Crippen molar-refractivity contribution >= 4 is 17.9 Å². The lowest BCUT2D eigenvalue weighted by molar-refractivity contribution is -0.142. The smallest absolute Gasteiger partial charge is 0.247 e. The first-order valence-corrected chi connectivity index (χ1v) is 10.0. The fraction of sp³-hybridized carbons (Fsp3) is 0.545. The molecule has 1 fully saturated rings. The highest BCUT2D eigenvalue weighted by atomic mass is 16.7. The molecule has 2 aliphatic rings. The Morgan fingerprint density at radius 3 is 2.61 bits per heavy atom. The lowest BCUT2D eigenvalue weighted by atomic mass is 9.95. The number of hydrogen-bond donors (Lipinski definition) is 1. The zero-order valence-corrected chi connectivity index (χ0v) is 17.1. The first-order valence-electron chi connectivity index (χ1n) is 10.0. The summed E-state index contributed by atoms with van der Waals surface area (Å²) >= 11 is 0. The Morgan fingerprint density at radius 2 is 1.89 bits per heavy atom. The monoisotopic (exact) mass is 386 g/mol. The molecule has 152 valence electrons. The van der Waals surface area contributed by atoms with E-state index in [2.05, 4.69) is 33.0 Å². The minimum absolute atomic E-state index is 0.00111. The fourth-order valence-corrected chi connectivity index (χ4v) is 3.76. The number of nitrogens with zero attached hydrogens (tertiary/aromatic N) is 1. The number of benzene rings is 1. The van der Waals surface area contributed by atoms with Gasteiger partial charge in [0.05, 0.1) is 0 Å². The van der Waals surface area contributed by atoms with E-state index in [0.29, 0.717) is 36.3 Å². The molecule has 2 aliphatic heterocycles. The van der Waals surface area contributed by atoms with Crippen molar-refractivity contribution in [1.82, 2.24) is 10.2 Å². The van der Waals surface area contributed by atoms with Gasteiger partial charge >= 0.3 is 0 Å². The van der Waals surface area contributed by atoms with E-state index in [1.54, 1.807) is 17.1 Å². The summed E-state index contributed by atoms with van der Waals surface area (Å²) in [5.74, 6) is 1.99. The molecule has 0 bridgehead atoms. The molecule has 1 aromatic carbocycles. The van der Waals surface area contributed by atoms with E-state index in [0.717, 1.165) is 12.0 Å². The van der Waals surface area contributed by atoms with Gasteiger partial charge < -0.3 is 19.7 Å². The number of carbonyl (C=O) groups is 2. The van der Waals surface area contributed by atoms with Gasteiger partial charge in [0.15, 0.2) is 11.5 Å². The zero-order valence-electron chi connectivity index (χ0n) is 17.1. The summed E-state index contributed by atoms with van der Waals surface area (Å²) in [5, 5.41) is 3.10. The number of fused-ring (bicyclic) bond motifs is 1. The van der Waals surface area contributed by atoms with E-state index >= 15 is 0 Å². The SMILES string of the molecule is CC(C)CC1C(=O)N[C@@H](CC(C)C)CN1C(=O)/C=C/c1ccc2c(c1)OCO2. The van der Waals surface area contributed by atoms with Crippen molar-refractivity contribution < 1.29 is 19.1 Å². The average Bonchev–Trinajstić information content (AvgIpc) is 3.08. The van der Waals surface area contributed by atoms with Gasteiger partial charge in [-0.3, -0.25) is 9.59 Å². The Balaban J connectivity index is 1.75. The molecule has 0 spiro atoms. The van der Waals surface area contributed by atoms with Crippen molar-refractivity contribution in [1.29, 1.82) is 0 Å². The summed E-state index contributed by atoms with van der Waals surface area (Å²) in [4.78, 5) is 27.4. The van der Waals surface area contributed by atoms with E-state index < -0.39 is 6.04 Å². The standard InChI is InChI=1S/C22H30N2O4/c1-14(2)9-17-12-24(18(10-15(3)4)22(26)23-17)21(25)8-6-16-5-7-19-20(11-16)28-13-27-19/h5-8,11,14-15,17-18H,9-10,12-13H2,1-4H3,(H,23,26)/b8-6+/t17-,18?/m0/s1. The number of ether oxygens (including phenoxy) is 2. The normalized spacial score (nSPS) is 21.6. The van der Waals surface area contributed by atoms with Crippen molar-refractivity contribution in [3.63, 3.8) is 0 Å². The molecule has 0 radical (unpaired) electrons. The predicted octanol–water partition coefficient (Wildman–Crippen LogP) is 3.22. The highest BCUT2D eigenvalue weighted by Crippen LogP contribution is 2.32. The van der Waals surface area contributed by atoms with Gasteiger partial charge in [-0.2, -0.15) is 0 Å². The lowest BCUT2D eigenvalue weighted by Crippen LogP contribution is -2.61. The lowest BCUT2D eigenvalue weighted by Gasteiger charge is -2.40. The van der Waals surface area contributed by atoms with E-state index in [1.165, 1.54) is 0 Å². The maximum absolute atomic E-state index is 13.0. The zero-order chi connectivity index (χ0) is 20.3. The van der Waals surface area contributed by atoms with Crippen LogP contribution in [0.3, 0.4) is 0 Å². The Hall–Kier alpha value is -2.50. The maximum atomic E-state index is 13.0. The maximum Gasteiger partial charge on any atom is 0.247 e. The molecule has 1 unspecified atom stereocenters. The summed E-state index contributed by atoms with van der Waals surface area (Å²) in [6.07, 6.45) is 4.83. The first-order chi connectivity index (χ1) is 13.3. The van der Waals surface area contributed by atoms with Gasteiger partial charge in [-0.05, 0) is 48.4 Å². The van der Waals surface area contributed by atoms with Gasteiger partial charge in [0.2, 0.25) is 18.6 Å². The molecule has 2 heterocycles. The van der Waals surface area contributed by atoms with Crippen LogP contribution in [0.2, 0.25) is 0 Å². The van der Waals surface area contributed by atoms with Gasteiger partial charge in [-0.25, -0.2) is 0 Å². The predicted molar refractivity (Wildman–Crippen MR) is 108 cm³/mol. The molecular formula is C22H30N2O4. The van der Waals surface area contributed by atoms with E-state index in [4.69, 9.17) is 9.47 Å². The minimum atomic E-state index is -0.419. The summed E-state index contributed by atoms with van der Waals surface area (Å²) < 4.78 is 10.7. The van der Waals surface area contributed by atoms with Crippen LogP contribution in [-0.4, -0.2) is 42.1 Å². The highest BCUT2D eigenvalue weighted by molar-refractivity contribution is 5.96. The summed E-state index contributed by atoms with van der Waals surface area (Å²) in [6, 6.07) is 5.15. The number of piperazine rings is 1. The molecule has 6 nitrogen and oxygen atoms in total. The van der Waals surface area contributed by atoms with Crippen molar-refractivity contribution in [2.75, 3.05) is 13.3 Å². The number of rotatable bonds is 6. The molecule has 28 heavy (non-hydrogen) atoms. The topological polar surface area (TPSA) is 67.9 Å². The van der Waals surface area contributed by atoms with Crippen molar-refractivity contribution in [3.8, 4) is 11.5 Å². The molecule has 0 aliphatic carbocycles. The van der Waals surface area contributed by atoms with Crippen LogP contribution in [0.4, 0.5) is 0 Å². The van der Waals surface area contributed by atoms with Gasteiger partial charge in [0, 0.05) is 18.7 Å². The number of nitrogens with one attached hydrogen (secondary N) is 1.